The molecule has 0 saturated heterocycles. The van der Waals surface area contributed by atoms with Crippen molar-refractivity contribution in [1.82, 2.24) is 0 Å². The molecule has 0 amide bonds. The molecule has 0 radical (unpaired) electrons. The maximum Gasteiger partial charge on any atom is 0.127 e. The minimum Gasteiger partial charge on any atom is -0.496 e. The van der Waals surface area contributed by atoms with Gasteiger partial charge >= 0.3 is 0 Å². The monoisotopic (exact) mass is 709 g/mol. The average molecular weight is 709 g/mol. The second-order valence-electron chi connectivity index (χ2n) is 9.13. The zero-order valence-corrected chi connectivity index (χ0v) is 35.2. The predicted octanol–water partition coefficient (Wildman–Crippen LogP) is 15.2. The van der Waals surface area contributed by atoms with Crippen LogP contribution in [0.2, 0.25) is 0 Å². The number of fused-ring (bicyclic) bond motifs is 2. The van der Waals surface area contributed by atoms with Crippen LogP contribution in [0.1, 0.15) is 83.1 Å². The largest absolute Gasteiger partial charge is 0.496 e. The van der Waals surface area contributed by atoms with Crippen LogP contribution in [-0.4, -0.2) is 28.4 Å². The Hall–Kier alpha value is -4.96. The Balaban J connectivity index is 0. The SMILES string of the molecule is CC.CC.CC.CC.CC.CC.COc1ccc2ccccc2c1-c1c(OC)ccc2ccccc12.COc1ccccc1-c1ccccc1OC. The number of para-hydroxylation sites is 2. The molecular formula is C48H68O4. The topological polar surface area (TPSA) is 36.9 Å². The van der Waals surface area contributed by atoms with Gasteiger partial charge in [-0.2, -0.15) is 0 Å². The van der Waals surface area contributed by atoms with Gasteiger partial charge in [-0.1, -0.05) is 180 Å². The maximum absolute atomic E-state index is 5.70. The first-order chi connectivity index (χ1) is 25.7. The third-order valence-electron chi connectivity index (χ3n) is 6.98. The second-order valence-corrected chi connectivity index (χ2v) is 9.13. The van der Waals surface area contributed by atoms with E-state index in [1.54, 1.807) is 28.4 Å². The Morgan fingerprint density at radius 1 is 0.269 bits per heavy atom. The highest BCUT2D eigenvalue weighted by Crippen LogP contribution is 2.45. The van der Waals surface area contributed by atoms with Gasteiger partial charge in [0.15, 0.2) is 0 Å². The van der Waals surface area contributed by atoms with Crippen LogP contribution in [-0.2, 0) is 0 Å². The number of benzene rings is 6. The van der Waals surface area contributed by atoms with Crippen LogP contribution in [0, 0.1) is 0 Å². The number of hydrogen-bond donors (Lipinski definition) is 0. The van der Waals surface area contributed by atoms with Gasteiger partial charge in [0.25, 0.3) is 0 Å². The number of rotatable bonds is 6. The zero-order chi connectivity index (χ0) is 39.9. The molecule has 0 aromatic heterocycles. The first kappa shape index (κ1) is 49.2. The molecule has 0 aliphatic heterocycles. The van der Waals surface area contributed by atoms with Crippen molar-refractivity contribution in [3.63, 3.8) is 0 Å². The summed E-state index contributed by atoms with van der Waals surface area (Å²) < 4.78 is 22.1. The Morgan fingerprint density at radius 2 is 0.538 bits per heavy atom. The normalized spacial score (nSPS) is 8.77. The molecule has 0 heterocycles. The average Bonchev–Trinajstić information content (AvgIpc) is 3.27. The van der Waals surface area contributed by atoms with Crippen LogP contribution in [0.15, 0.2) is 121 Å². The first-order valence-electron chi connectivity index (χ1n) is 19.1. The lowest BCUT2D eigenvalue weighted by Crippen LogP contribution is -1.94. The Morgan fingerprint density at radius 3 is 0.846 bits per heavy atom. The second kappa shape index (κ2) is 30.8. The molecule has 6 aromatic rings. The molecule has 0 atom stereocenters. The summed E-state index contributed by atoms with van der Waals surface area (Å²) in [7, 11) is 6.78. The molecule has 52 heavy (non-hydrogen) atoms. The van der Waals surface area contributed by atoms with E-state index in [1.807, 2.05) is 144 Å². The molecule has 284 valence electrons. The van der Waals surface area contributed by atoms with Crippen LogP contribution in [0.5, 0.6) is 23.0 Å². The molecule has 0 aliphatic carbocycles. The molecule has 0 fully saturated rings. The van der Waals surface area contributed by atoms with E-state index in [0.29, 0.717) is 0 Å². The quantitative estimate of drug-likeness (QED) is 0.173. The summed E-state index contributed by atoms with van der Waals surface area (Å²) in [5.74, 6) is 3.41. The maximum atomic E-state index is 5.70. The Bertz CT molecular complexity index is 1630. The highest BCUT2D eigenvalue weighted by Gasteiger charge is 2.18. The molecule has 0 spiro atoms. The summed E-state index contributed by atoms with van der Waals surface area (Å²) in [6.45, 7) is 24.0. The van der Waals surface area contributed by atoms with Gasteiger partial charge in [0.05, 0.1) is 28.4 Å². The lowest BCUT2D eigenvalue weighted by molar-refractivity contribution is 0.410. The Labute approximate surface area is 317 Å². The van der Waals surface area contributed by atoms with Gasteiger partial charge in [0.1, 0.15) is 23.0 Å². The molecule has 0 unspecified atom stereocenters. The van der Waals surface area contributed by atoms with E-state index in [2.05, 4.69) is 60.7 Å². The molecule has 6 aromatic carbocycles. The van der Waals surface area contributed by atoms with Gasteiger partial charge in [-0.15, -0.1) is 0 Å². The third kappa shape index (κ3) is 13.3. The molecule has 4 nitrogen and oxygen atoms in total. The minimum absolute atomic E-state index is 0.850. The van der Waals surface area contributed by atoms with Gasteiger partial charge in [0, 0.05) is 22.3 Å². The first-order valence-corrected chi connectivity index (χ1v) is 19.1. The Kier molecular flexibility index (Phi) is 29.1. The number of methoxy groups -OCH3 is 4. The van der Waals surface area contributed by atoms with Crippen molar-refractivity contribution in [2.75, 3.05) is 28.4 Å². The lowest BCUT2D eigenvalue weighted by atomic mass is 9.92. The van der Waals surface area contributed by atoms with Gasteiger partial charge in [-0.3, -0.25) is 0 Å². The van der Waals surface area contributed by atoms with Crippen molar-refractivity contribution in [2.45, 2.75) is 83.1 Å². The fourth-order valence-electron chi connectivity index (χ4n) is 5.09. The van der Waals surface area contributed by atoms with E-state index in [1.165, 1.54) is 10.8 Å². The number of ether oxygens (including phenoxy) is 4. The predicted molar refractivity (Wildman–Crippen MR) is 233 cm³/mol. The van der Waals surface area contributed by atoms with Gasteiger partial charge in [-0.05, 0) is 45.8 Å². The molecule has 6 rings (SSSR count). The van der Waals surface area contributed by atoms with Crippen LogP contribution < -0.4 is 18.9 Å². The van der Waals surface area contributed by atoms with E-state index < -0.39 is 0 Å². The van der Waals surface area contributed by atoms with Crippen LogP contribution in [0.3, 0.4) is 0 Å². The minimum atomic E-state index is 0.850. The summed E-state index contributed by atoms with van der Waals surface area (Å²) in [4.78, 5) is 0. The molecule has 0 aliphatic rings. The van der Waals surface area contributed by atoms with Crippen molar-refractivity contribution < 1.29 is 18.9 Å². The van der Waals surface area contributed by atoms with Crippen LogP contribution >= 0.6 is 0 Å². The summed E-state index contributed by atoms with van der Waals surface area (Å²) >= 11 is 0. The molecule has 0 N–H and O–H groups in total. The summed E-state index contributed by atoms with van der Waals surface area (Å²) in [6.07, 6.45) is 0. The third-order valence-corrected chi connectivity index (χ3v) is 6.98. The summed E-state index contributed by atoms with van der Waals surface area (Å²) in [5.41, 5.74) is 4.23. The van der Waals surface area contributed by atoms with Crippen molar-refractivity contribution in [3.8, 4) is 45.3 Å². The highest BCUT2D eigenvalue weighted by molar-refractivity contribution is 6.09. The van der Waals surface area contributed by atoms with E-state index >= 15 is 0 Å². The fraction of sp³-hybridized carbons (Fsp3) is 0.333. The molecule has 0 bridgehead atoms. The summed E-state index contributed by atoms with van der Waals surface area (Å²) in [6, 6.07) is 40.8. The number of hydrogen-bond acceptors (Lipinski definition) is 4. The van der Waals surface area contributed by atoms with Gasteiger partial charge in [0.2, 0.25) is 0 Å². The molecular weight excluding hydrogens is 641 g/mol. The molecule has 0 saturated carbocycles. The van der Waals surface area contributed by atoms with Crippen molar-refractivity contribution in [3.05, 3.63) is 121 Å². The van der Waals surface area contributed by atoms with Crippen LogP contribution in [0.4, 0.5) is 0 Å². The standard InChI is InChI=1S/C22H18O2.C14H14O2.6C2H6/c1-23-19-13-11-15-7-3-5-9-17(15)21(19)22-18-10-6-4-8-16(18)12-14-20(22)24-2;1-15-13-9-5-3-7-11(13)12-8-4-6-10-14(12)16-2;6*1-2/h3-14H,1-2H3;3-10H,1-2H3;6*1-2H3. The van der Waals surface area contributed by atoms with Crippen LogP contribution in [0.25, 0.3) is 43.8 Å². The lowest BCUT2D eigenvalue weighted by Gasteiger charge is -2.17. The van der Waals surface area contributed by atoms with Crippen molar-refractivity contribution in [1.29, 1.82) is 0 Å². The fourth-order valence-corrected chi connectivity index (χ4v) is 5.09. The van der Waals surface area contributed by atoms with E-state index in [4.69, 9.17) is 18.9 Å². The smallest absolute Gasteiger partial charge is 0.127 e. The van der Waals surface area contributed by atoms with Crippen molar-refractivity contribution in [2.24, 2.45) is 0 Å². The van der Waals surface area contributed by atoms with Gasteiger partial charge < -0.3 is 18.9 Å². The van der Waals surface area contributed by atoms with Gasteiger partial charge in [-0.25, -0.2) is 0 Å². The zero-order valence-electron chi connectivity index (χ0n) is 35.2. The highest BCUT2D eigenvalue weighted by atomic mass is 16.5. The van der Waals surface area contributed by atoms with E-state index in [-0.39, 0.29) is 0 Å². The summed E-state index contributed by atoms with van der Waals surface area (Å²) in [5, 5.41) is 4.68. The molecule has 4 heteroatoms. The van der Waals surface area contributed by atoms with E-state index in [9.17, 15) is 0 Å². The van der Waals surface area contributed by atoms with E-state index in [0.717, 1.165) is 56.0 Å². The van der Waals surface area contributed by atoms with Crippen molar-refractivity contribution >= 4 is 21.5 Å².